The number of aryl methyl sites for hydroxylation is 1. The topological polar surface area (TPSA) is 54.9 Å². The zero-order valence-electron chi connectivity index (χ0n) is 9.85. The molecule has 0 saturated heterocycles. The minimum Gasteiger partial charge on any atom is -0.310 e. The molecule has 0 bridgehead atoms. The molecule has 1 heterocycles. The molecule has 0 aliphatic carbocycles. The molecule has 1 aromatic heterocycles. The van der Waals surface area contributed by atoms with Gasteiger partial charge in [0.2, 0.25) is 5.91 Å². The van der Waals surface area contributed by atoms with Gasteiger partial charge in [-0.2, -0.15) is 0 Å². The Bertz CT molecular complexity index is 554. The van der Waals surface area contributed by atoms with Crippen LogP contribution in [0.5, 0.6) is 0 Å². The summed E-state index contributed by atoms with van der Waals surface area (Å²) in [5, 5.41) is 2.97. The van der Waals surface area contributed by atoms with Gasteiger partial charge in [-0.3, -0.25) is 4.79 Å². The van der Waals surface area contributed by atoms with Crippen LogP contribution in [0.1, 0.15) is 11.1 Å². The molecule has 0 spiro atoms. The minimum absolute atomic E-state index is 0.131. The van der Waals surface area contributed by atoms with E-state index in [1.54, 1.807) is 0 Å². The number of halogens is 1. The van der Waals surface area contributed by atoms with E-state index in [2.05, 4.69) is 15.3 Å². The molecule has 1 N–H and O–H groups in total. The van der Waals surface area contributed by atoms with Crippen LogP contribution in [-0.4, -0.2) is 15.9 Å². The van der Waals surface area contributed by atoms with Crippen LogP contribution in [0, 0.1) is 6.92 Å². The number of anilines is 1. The second-order valence-corrected chi connectivity index (χ2v) is 4.32. The molecular weight excluding hydrogens is 250 g/mol. The third-order valence-corrected chi connectivity index (χ3v) is 2.59. The highest BCUT2D eigenvalue weighted by molar-refractivity contribution is 6.29. The molecule has 0 aliphatic heterocycles. The maximum absolute atomic E-state index is 11.8. The molecule has 5 heteroatoms. The monoisotopic (exact) mass is 261 g/mol. The summed E-state index contributed by atoms with van der Waals surface area (Å²) in [4.78, 5) is 19.4. The number of aromatic nitrogens is 2. The third kappa shape index (κ3) is 3.53. The zero-order chi connectivity index (χ0) is 13.0. The Morgan fingerprint density at radius 1 is 1.28 bits per heavy atom. The van der Waals surface area contributed by atoms with Crippen molar-refractivity contribution < 1.29 is 4.79 Å². The van der Waals surface area contributed by atoms with Crippen molar-refractivity contribution in [2.45, 2.75) is 13.3 Å². The van der Waals surface area contributed by atoms with Crippen molar-refractivity contribution in [1.29, 1.82) is 0 Å². The van der Waals surface area contributed by atoms with Gasteiger partial charge in [0.1, 0.15) is 17.3 Å². The van der Waals surface area contributed by atoms with E-state index in [0.717, 1.165) is 5.56 Å². The number of hydrogen-bond donors (Lipinski definition) is 1. The molecule has 2 rings (SSSR count). The van der Waals surface area contributed by atoms with Crippen LogP contribution in [-0.2, 0) is 11.2 Å². The number of carbonyl (C=O) groups excluding carboxylic acids is 1. The number of amides is 1. The molecule has 2 aromatic rings. The van der Waals surface area contributed by atoms with Crippen LogP contribution < -0.4 is 5.32 Å². The second-order valence-electron chi connectivity index (χ2n) is 3.94. The summed E-state index contributed by atoms with van der Waals surface area (Å²) in [6.07, 6.45) is 1.62. The normalized spacial score (nSPS) is 10.1. The smallest absolute Gasteiger partial charge is 0.229 e. The molecular formula is C13H12ClN3O. The largest absolute Gasteiger partial charge is 0.310 e. The summed E-state index contributed by atoms with van der Waals surface area (Å²) in [5.74, 6) is 0.278. The molecule has 1 aromatic carbocycles. The van der Waals surface area contributed by atoms with Gasteiger partial charge in [-0.05, 0) is 12.5 Å². The predicted molar refractivity (Wildman–Crippen MR) is 70.6 cm³/mol. The summed E-state index contributed by atoms with van der Waals surface area (Å²) in [6, 6.07) is 9.33. The Morgan fingerprint density at radius 2 is 2.00 bits per heavy atom. The van der Waals surface area contributed by atoms with E-state index >= 15 is 0 Å². The maximum atomic E-state index is 11.8. The lowest BCUT2D eigenvalue weighted by molar-refractivity contribution is -0.115. The summed E-state index contributed by atoms with van der Waals surface area (Å²) in [7, 11) is 0. The molecule has 0 aliphatic rings. The minimum atomic E-state index is -0.131. The highest BCUT2D eigenvalue weighted by Gasteiger charge is 2.05. The Labute approximate surface area is 110 Å². The number of nitrogens with zero attached hydrogens (tertiary/aromatic N) is 2. The fraction of sp³-hybridized carbons (Fsp3) is 0.154. The van der Waals surface area contributed by atoms with Gasteiger partial charge in [0.25, 0.3) is 0 Å². The first-order chi connectivity index (χ1) is 8.63. The van der Waals surface area contributed by atoms with E-state index in [1.165, 1.54) is 18.0 Å². The van der Waals surface area contributed by atoms with Crippen molar-refractivity contribution in [1.82, 2.24) is 9.97 Å². The lowest BCUT2D eigenvalue weighted by atomic mass is 10.1. The molecule has 0 radical (unpaired) electrons. The number of rotatable bonds is 3. The van der Waals surface area contributed by atoms with Gasteiger partial charge in [0.05, 0.1) is 6.42 Å². The van der Waals surface area contributed by atoms with Crippen LogP contribution in [0.15, 0.2) is 36.7 Å². The van der Waals surface area contributed by atoms with Gasteiger partial charge < -0.3 is 5.32 Å². The summed E-state index contributed by atoms with van der Waals surface area (Å²) in [5.41, 5.74) is 2.12. The quantitative estimate of drug-likeness (QED) is 0.864. The van der Waals surface area contributed by atoms with Gasteiger partial charge >= 0.3 is 0 Å². The first kappa shape index (κ1) is 12.5. The summed E-state index contributed by atoms with van der Waals surface area (Å²) in [6.45, 7) is 2.01. The van der Waals surface area contributed by atoms with Crippen molar-refractivity contribution in [2.75, 3.05) is 5.32 Å². The number of carbonyl (C=O) groups is 1. The molecule has 0 saturated carbocycles. The Kier molecular flexibility index (Phi) is 3.89. The van der Waals surface area contributed by atoms with E-state index in [4.69, 9.17) is 11.6 Å². The first-order valence-corrected chi connectivity index (χ1v) is 5.84. The van der Waals surface area contributed by atoms with Crippen LogP contribution in [0.4, 0.5) is 5.82 Å². The Morgan fingerprint density at radius 3 is 2.67 bits per heavy atom. The van der Waals surface area contributed by atoms with Gasteiger partial charge in [0.15, 0.2) is 0 Å². The summed E-state index contributed by atoms with van der Waals surface area (Å²) >= 11 is 5.70. The highest BCUT2D eigenvalue weighted by atomic mass is 35.5. The molecule has 1 amide bonds. The van der Waals surface area contributed by atoms with Gasteiger partial charge in [-0.25, -0.2) is 9.97 Å². The van der Waals surface area contributed by atoms with Gasteiger partial charge in [-0.1, -0.05) is 41.4 Å². The summed E-state index contributed by atoms with van der Waals surface area (Å²) < 4.78 is 0. The Hall–Kier alpha value is -1.94. The van der Waals surface area contributed by atoms with E-state index in [9.17, 15) is 4.79 Å². The van der Waals surface area contributed by atoms with Crippen molar-refractivity contribution >= 4 is 23.3 Å². The van der Waals surface area contributed by atoms with Crippen molar-refractivity contribution in [3.05, 3.63) is 52.9 Å². The number of benzene rings is 1. The fourth-order valence-corrected chi connectivity index (χ4v) is 1.63. The molecule has 92 valence electrons. The van der Waals surface area contributed by atoms with Gasteiger partial charge in [-0.15, -0.1) is 0 Å². The predicted octanol–water partition coefficient (Wildman–Crippen LogP) is 2.62. The molecule has 4 nitrogen and oxygen atoms in total. The van der Waals surface area contributed by atoms with Gasteiger partial charge in [0, 0.05) is 6.07 Å². The van der Waals surface area contributed by atoms with E-state index in [0.29, 0.717) is 17.4 Å². The average molecular weight is 262 g/mol. The van der Waals surface area contributed by atoms with Crippen LogP contribution in [0.25, 0.3) is 0 Å². The molecule has 18 heavy (non-hydrogen) atoms. The molecule has 0 atom stereocenters. The van der Waals surface area contributed by atoms with E-state index < -0.39 is 0 Å². The zero-order valence-corrected chi connectivity index (χ0v) is 10.6. The van der Waals surface area contributed by atoms with Crippen LogP contribution in [0.3, 0.4) is 0 Å². The average Bonchev–Trinajstić information content (AvgIpc) is 2.32. The fourth-order valence-electron chi connectivity index (χ4n) is 1.48. The molecule has 0 unspecified atom stereocenters. The van der Waals surface area contributed by atoms with E-state index in [1.807, 2.05) is 31.2 Å². The SMILES string of the molecule is Cc1ccc(CC(=O)Nc2cc(Cl)ncn2)cc1. The standard InChI is InChI=1S/C13H12ClN3O/c1-9-2-4-10(5-3-9)6-13(18)17-12-7-11(14)15-8-16-12/h2-5,7-8H,6H2,1H3,(H,15,16,17,18). The maximum Gasteiger partial charge on any atom is 0.229 e. The Balaban J connectivity index is 1.98. The van der Waals surface area contributed by atoms with Crippen molar-refractivity contribution in [2.24, 2.45) is 0 Å². The highest BCUT2D eigenvalue weighted by Crippen LogP contribution is 2.10. The van der Waals surface area contributed by atoms with Crippen molar-refractivity contribution in [3.8, 4) is 0 Å². The van der Waals surface area contributed by atoms with E-state index in [-0.39, 0.29) is 5.91 Å². The first-order valence-electron chi connectivity index (χ1n) is 5.46. The van der Waals surface area contributed by atoms with Crippen LogP contribution in [0.2, 0.25) is 5.15 Å². The van der Waals surface area contributed by atoms with Crippen molar-refractivity contribution in [3.63, 3.8) is 0 Å². The third-order valence-electron chi connectivity index (χ3n) is 2.39. The lowest BCUT2D eigenvalue weighted by Crippen LogP contribution is -2.15. The number of nitrogens with one attached hydrogen (secondary N) is 1. The second kappa shape index (κ2) is 5.60. The van der Waals surface area contributed by atoms with Crippen LogP contribution >= 0.6 is 11.6 Å². The number of hydrogen-bond acceptors (Lipinski definition) is 3. The molecule has 0 fully saturated rings. The lowest BCUT2D eigenvalue weighted by Gasteiger charge is -2.04.